The molecule has 134 valence electrons. The van der Waals surface area contributed by atoms with Gasteiger partial charge < -0.3 is 29.4 Å². The number of rotatable bonds is 15. The topological polar surface area (TPSA) is 120 Å². The molecule has 0 aromatic heterocycles. The van der Waals surface area contributed by atoms with Crippen molar-refractivity contribution in [2.75, 3.05) is 52.8 Å². The highest BCUT2D eigenvalue weighted by Gasteiger charge is 2.03. The fourth-order valence-corrected chi connectivity index (χ4v) is 1.36. The molecule has 0 unspecified atom stereocenters. The van der Waals surface area contributed by atoms with E-state index < -0.39 is 18.5 Å². The molecule has 0 bridgehead atoms. The van der Waals surface area contributed by atoms with E-state index in [1.807, 2.05) is 6.92 Å². The van der Waals surface area contributed by atoms with E-state index in [0.29, 0.717) is 39.4 Å². The molecule has 9 heteroatoms. The van der Waals surface area contributed by atoms with Crippen LogP contribution >= 0.6 is 0 Å². The maximum Gasteiger partial charge on any atom is 0.329 e. The number of aliphatic carboxylic acids is 1. The van der Waals surface area contributed by atoms with Gasteiger partial charge in [0.25, 0.3) is 0 Å². The monoisotopic (exact) mass is 335 g/mol. The molecule has 0 saturated carbocycles. The summed E-state index contributed by atoms with van der Waals surface area (Å²) in [5.41, 5.74) is 0. The Labute approximate surface area is 135 Å². The number of hydrogen-bond donors (Lipinski definition) is 2. The number of hydrogen-bond acceptors (Lipinski definition) is 7. The second-order valence-corrected chi connectivity index (χ2v) is 4.43. The lowest BCUT2D eigenvalue weighted by Gasteiger charge is -2.08. The molecule has 0 saturated heterocycles. The van der Waals surface area contributed by atoms with Gasteiger partial charge in [-0.15, -0.1) is 0 Å². The van der Waals surface area contributed by atoms with Crippen molar-refractivity contribution in [3.05, 3.63) is 0 Å². The molecular weight excluding hydrogens is 310 g/mol. The van der Waals surface area contributed by atoms with E-state index in [1.54, 1.807) is 0 Å². The number of carbonyl (C=O) groups is 3. The van der Waals surface area contributed by atoms with Crippen LogP contribution in [0.25, 0.3) is 0 Å². The van der Waals surface area contributed by atoms with Crippen LogP contribution in [0.2, 0.25) is 0 Å². The number of carboxylic acids is 1. The van der Waals surface area contributed by atoms with Crippen molar-refractivity contribution in [1.82, 2.24) is 5.32 Å². The van der Waals surface area contributed by atoms with Gasteiger partial charge in [-0.2, -0.15) is 0 Å². The molecule has 1 amide bonds. The molecule has 0 rings (SSSR count). The molecule has 0 fully saturated rings. The van der Waals surface area contributed by atoms with Crippen LogP contribution < -0.4 is 5.32 Å². The third kappa shape index (κ3) is 16.5. The summed E-state index contributed by atoms with van der Waals surface area (Å²) in [5, 5.41) is 10.8. The molecule has 0 atom stereocenters. The minimum atomic E-state index is -1.12. The Morgan fingerprint density at radius 1 is 0.913 bits per heavy atom. The maximum atomic E-state index is 11.2. The van der Waals surface area contributed by atoms with E-state index in [0.717, 1.165) is 6.42 Å². The van der Waals surface area contributed by atoms with Crippen LogP contribution in [0.5, 0.6) is 0 Å². The largest absolute Gasteiger partial charge is 0.480 e. The van der Waals surface area contributed by atoms with E-state index in [1.165, 1.54) is 0 Å². The van der Waals surface area contributed by atoms with Crippen molar-refractivity contribution in [3.63, 3.8) is 0 Å². The molecule has 0 heterocycles. The first-order chi connectivity index (χ1) is 11.1. The Bertz CT molecular complexity index is 348. The number of amides is 1. The van der Waals surface area contributed by atoms with Crippen LogP contribution in [0.15, 0.2) is 0 Å². The first kappa shape index (κ1) is 21.3. The van der Waals surface area contributed by atoms with Gasteiger partial charge in [-0.25, -0.2) is 4.79 Å². The van der Waals surface area contributed by atoms with Crippen molar-refractivity contribution >= 4 is 17.8 Å². The summed E-state index contributed by atoms with van der Waals surface area (Å²) in [7, 11) is 0. The van der Waals surface area contributed by atoms with Gasteiger partial charge in [-0.05, 0) is 6.42 Å². The van der Waals surface area contributed by atoms with Crippen LogP contribution in [-0.2, 0) is 33.3 Å². The average Bonchev–Trinajstić information content (AvgIpc) is 2.49. The highest BCUT2D eigenvalue weighted by Crippen LogP contribution is 1.91. The predicted molar refractivity (Wildman–Crippen MR) is 79.0 cm³/mol. The number of carboxylic acid groups (broad SMARTS) is 1. The molecule has 0 aliphatic heterocycles. The number of ether oxygens (including phenoxy) is 4. The first-order valence-corrected chi connectivity index (χ1v) is 7.43. The lowest BCUT2D eigenvalue weighted by atomic mass is 10.3. The zero-order valence-corrected chi connectivity index (χ0v) is 13.4. The van der Waals surface area contributed by atoms with E-state index >= 15 is 0 Å². The molecular formula is C14H25NO8. The average molecular weight is 335 g/mol. The fraction of sp³-hybridized carbons (Fsp3) is 0.786. The van der Waals surface area contributed by atoms with E-state index in [2.05, 4.69) is 10.1 Å². The van der Waals surface area contributed by atoms with Crippen molar-refractivity contribution in [2.24, 2.45) is 0 Å². The Morgan fingerprint density at radius 2 is 1.57 bits per heavy atom. The summed E-state index contributed by atoms with van der Waals surface area (Å²) in [4.78, 5) is 32.4. The van der Waals surface area contributed by atoms with Crippen LogP contribution in [-0.4, -0.2) is 75.7 Å². The van der Waals surface area contributed by atoms with Crippen LogP contribution in [0.3, 0.4) is 0 Å². The molecule has 0 spiro atoms. The molecule has 2 N–H and O–H groups in total. The quantitative estimate of drug-likeness (QED) is 0.306. The summed E-state index contributed by atoms with van der Waals surface area (Å²) in [6.45, 7) is 2.96. The summed E-state index contributed by atoms with van der Waals surface area (Å²) < 4.78 is 19.9. The Kier molecular flexibility index (Phi) is 14.1. The Hall–Kier alpha value is -1.71. The molecule has 0 aliphatic carbocycles. The van der Waals surface area contributed by atoms with Crippen molar-refractivity contribution in [2.45, 2.75) is 19.8 Å². The molecule has 0 aromatic carbocycles. The van der Waals surface area contributed by atoms with Crippen LogP contribution in [0, 0.1) is 0 Å². The van der Waals surface area contributed by atoms with Gasteiger partial charge in [-0.3, -0.25) is 9.59 Å². The minimum Gasteiger partial charge on any atom is -0.480 e. The third-order valence-electron chi connectivity index (χ3n) is 2.34. The highest BCUT2D eigenvalue weighted by atomic mass is 16.6. The van der Waals surface area contributed by atoms with Gasteiger partial charge in [0.05, 0.1) is 26.4 Å². The van der Waals surface area contributed by atoms with Crippen molar-refractivity contribution in [1.29, 1.82) is 0 Å². The summed E-state index contributed by atoms with van der Waals surface area (Å²) >= 11 is 0. The number of carbonyl (C=O) groups excluding carboxylic acids is 2. The number of esters is 1. The van der Waals surface area contributed by atoms with E-state index in [-0.39, 0.29) is 19.2 Å². The number of nitrogens with one attached hydrogen (secondary N) is 1. The zero-order valence-electron chi connectivity index (χ0n) is 13.4. The van der Waals surface area contributed by atoms with Crippen LogP contribution in [0.1, 0.15) is 19.8 Å². The second kappa shape index (κ2) is 15.2. The molecule has 0 radical (unpaired) electrons. The van der Waals surface area contributed by atoms with E-state index in [9.17, 15) is 14.4 Å². The van der Waals surface area contributed by atoms with Gasteiger partial charge in [0.1, 0.15) is 19.8 Å². The summed E-state index contributed by atoms with van der Waals surface area (Å²) in [5.74, 6) is -1.75. The Morgan fingerprint density at radius 3 is 2.22 bits per heavy atom. The smallest absolute Gasteiger partial charge is 0.329 e. The standard InChI is InChI=1S/C14H25NO8/c1-2-3-14(19)23-9-8-21-7-6-20-5-4-15-12(16)10-22-11-13(17)18/h2-11H2,1H3,(H,15,16)(H,17,18). The van der Waals surface area contributed by atoms with Crippen molar-refractivity contribution < 1.29 is 38.4 Å². The fourth-order valence-electron chi connectivity index (χ4n) is 1.36. The Balaban J connectivity index is 3.22. The highest BCUT2D eigenvalue weighted by molar-refractivity contribution is 5.77. The van der Waals surface area contributed by atoms with Gasteiger partial charge in [0, 0.05) is 13.0 Å². The first-order valence-electron chi connectivity index (χ1n) is 7.43. The minimum absolute atomic E-state index is 0.226. The van der Waals surface area contributed by atoms with E-state index in [4.69, 9.17) is 19.3 Å². The third-order valence-corrected chi connectivity index (χ3v) is 2.34. The van der Waals surface area contributed by atoms with Gasteiger partial charge in [0.15, 0.2) is 0 Å². The second-order valence-electron chi connectivity index (χ2n) is 4.43. The SMILES string of the molecule is CCCC(=O)OCCOCCOCCNC(=O)COCC(=O)O. The maximum absolute atomic E-state index is 11.2. The van der Waals surface area contributed by atoms with Gasteiger partial charge >= 0.3 is 11.9 Å². The normalized spacial score (nSPS) is 10.3. The van der Waals surface area contributed by atoms with Crippen molar-refractivity contribution in [3.8, 4) is 0 Å². The van der Waals surface area contributed by atoms with Gasteiger partial charge in [-0.1, -0.05) is 6.92 Å². The molecule has 0 aromatic rings. The summed E-state index contributed by atoms with van der Waals surface area (Å²) in [6.07, 6.45) is 1.17. The lowest BCUT2D eigenvalue weighted by molar-refractivity contribution is -0.146. The molecule has 23 heavy (non-hydrogen) atoms. The molecule has 0 aliphatic rings. The predicted octanol–water partition coefficient (Wildman–Crippen LogP) is -0.420. The van der Waals surface area contributed by atoms with Gasteiger partial charge in [0.2, 0.25) is 5.91 Å². The molecule has 9 nitrogen and oxygen atoms in total. The lowest BCUT2D eigenvalue weighted by Crippen LogP contribution is -2.31. The summed E-state index contributed by atoms with van der Waals surface area (Å²) in [6, 6.07) is 0. The van der Waals surface area contributed by atoms with Crippen LogP contribution in [0.4, 0.5) is 0 Å². The zero-order chi connectivity index (χ0) is 17.3.